The molecule has 2 aliphatic heterocycles. The highest BCUT2D eigenvalue weighted by Gasteiger charge is 2.37. The van der Waals surface area contributed by atoms with Crippen molar-refractivity contribution < 1.29 is 9.84 Å². The highest BCUT2D eigenvalue weighted by molar-refractivity contribution is 5.86. The van der Waals surface area contributed by atoms with Gasteiger partial charge in [0, 0.05) is 61.6 Å². The Balaban J connectivity index is 0.00000160. The predicted molar refractivity (Wildman–Crippen MR) is 155 cm³/mol. The number of anilines is 2. The molecule has 2 aromatic heterocycles. The van der Waals surface area contributed by atoms with Gasteiger partial charge < -0.3 is 25.0 Å². The van der Waals surface area contributed by atoms with Crippen LogP contribution in [-0.4, -0.2) is 62.9 Å². The molecule has 1 aromatic carbocycles. The van der Waals surface area contributed by atoms with E-state index in [1.807, 2.05) is 39.1 Å². The van der Waals surface area contributed by atoms with Crippen molar-refractivity contribution in [2.75, 3.05) is 31.6 Å². The summed E-state index contributed by atoms with van der Waals surface area (Å²) in [6.07, 6.45) is 7.52. The molecule has 5 rings (SSSR count). The topological polar surface area (TPSA) is 87.5 Å². The molecule has 3 aromatic rings. The van der Waals surface area contributed by atoms with Gasteiger partial charge in [0.15, 0.2) is 0 Å². The van der Waals surface area contributed by atoms with Crippen LogP contribution in [0.25, 0.3) is 5.82 Å². The van der Waals surface area contributed by atoms with Crippen LogP contribution in [0.3, 0.4) is 0 Å². The fraction of sp³-hybridized carbons (Fsp3) is 0.462. The monoisotopic (exact) mass is 570 g/mol. The minimum atomic E-state index is -0.00418. The van der Waals surface area contributed by atoms with Crippen molar-refractivity contribution in [2.24, 2.45) is 0 Å². The van der Waals surface area contributed by atoms with Crippen molar-refractivity contribution in [1.29, 1.82) is 0 Å². The lowest BCUT2D eigenvalue weighted by Crippen LogP contribution is -2.43. The summed E-state index contributed by atoms with van der Waals surface area (Å²) in [5.41, 5.74) is 6.57. The van der Waals surface area contributed by atoms with Gasteiger partial charge in [0.25, 0.3) is 0 Å². The van der Waals surface area contributed by atoms with Crippen LogP contribution in [-0.2, 0) is 6.54 Å². The first-order chi connectivity index (χ1) is 16.4. The van der Waals surface area contributed by atoms with Gasteiger partial charge in [-0.15, -0.1) is 37.2 Å². The number of aromatic nitrogens is 3. The first-order valence-corrected chi connectivity index (χ1v) is 12.0. The summed E-state index contributed by atoms with van der Waals surface area (Å²) in [6.45, 7) is 11.7. The summed E-state index contributed by atoms with van der Waals surface area (Å²) >= 11 is 0. The van der Waals surface area contributed by atoms with Crippen LogP contribution < -0.4 is 15.4 Å². The van der Waals surface area contributed by atoms with E-state index in [4.69, 9.17) is 14.8 Å². The normalized spacial score (nSPS) is 18.1. The molecule has 8 nitrogen and oxygen atoms in total. The Morgan fingerprint density at radius 2 is 1.78 bits per heavy atom. The van der Waals surface area contributed by atoms with Gasteiger partial charge >= 0.3 is 0 Å². The Kier molecular flexibility index (Phi) is 11.1. The van der Waals surface area contributed by atoms with E-state index in [1.165, 1.54) is 17.5 Å². The molecule has 2 atom stereocenters. The van der Waals surface area contributed by atoms with Gasteiger partial charge in [0.2, 0.25) is 5.95 Å². The number of rotatable bonds is 8. The Morgan fingerprint density at radius 3 is 2.41 bits per heavy atom. The van der Waals surface area contributed by atoms with Crippen LogP contribution in [0.4, 0.5) is 11.6 Å². The van der Waals surface area contributed by atoms with Crippen LogP contribution in [0.1, 0.15) is 34.2 Å². The number of halogens is 3. The smallest absolute Gasteiger partial charge is 0.229 e. The average Bonchev–Trinajstić information content (AvgIpc) is 3.51. The van der Waals surface area contributed by atoms with Gasteiger partial charge in [-0.2, -0.15) is 4.98 Å². The maximum Gasteiger partial charge on any atom is 0.229 e. The summed E-state index contributed by atoms with van der Waals surface area (Å²) in [5.74, 6) is 2.24. The van der Waals surface area contributed by atoms with Crippen LogP contribution in [0.15, 0.2) is 30.7 Å². The van der Waals surface area contributed by atoms with E-state index >= 15 is 0 Å². The molecule has 2 aliphatic rings. The molecule has 204 valence electrons. The van der Waals surface area contributed by atoms with E-state index in [-0.39, 0.29) is 50.4 Å². The maximum atomic E-state index is 9.05. The maximum absolute atomic E-state index is 9.05. The van der Waals surface area contributed by atoms with Crippen LogP contribution >= 0.6 is 37.2 Å². The molecule has 2 fully saturated rings. The molecule has 2 unspecified atom stereocenters. The number of fused-ring (bicyclic) bond motifs is 2. The van der Waals surface area contributed by atoms with Crippen LogP contribution in [0.5, 0.6) is 5.75 Å². The molecule has 0 saturated carbocycles. The molecular weight excluding hydrogens is 535 g/mol. The molecule has 2 saturated heterocycles. The number of hydrogen-bond donors (Lipinski definition) is 3. The van der Waals surface area contributed by atoms with Gasteiger partial charge in [-0.1, -0.05) is 0 Å². The van der Waals surface area contributed by atoms with Crippen molar-refractivity contribution in [1.82, 2.24) is 24.8 Å². The number of hydrogen-bond acceptors (Lipinski definition) is 7. The zero-order chi connectivity index (χ0) is 23.8. The van der Waals surface area contributed by atoms with Crippen LogP contribution in [0, 0.1) is 27.7 Å². The third kappa shape index (κ3) is 6.69. The van der Waals surface area contributed by atoms with E-state index in [2.05, 4.69) is 44.4 Å². The van der Waals surface area contributed by atoms with Gasteiger partial charge in [-0.3, -0.25) is 4.90 Å². The molecule has 11 heteroatoms. The average molecular weight is 572 g/mol. The van der Waals surface area contributed by atoms with Gasteiger partial charge in [-0.05, 0) is 68.5 Å². The number of aryl methyl sites for hydroxylation is 4. The number of likely N-dealkylation sites (tertiary alicyclic amines) is 1. The zero-order valence-corrected chi connectivity index (χ0v) is 24.1. The van der Waals surface area contributed by atoms with Crippen molar-refractivity contribution in [3.05, 3.63) is 58.5 Å². The van der Waals surface area contributed by atoms with E-state index in [9.17, 15) is 0 Å². The van der Waals surface area contributed by atoms with Crippen molar-refractivity contribution in [3.8, 4) is 11.6 Å². The number of benzene rings is 1. The quantitative estimate of drug-likeness (QED) is 0.369. The lowest BCUT2D eigenvalue weighted by Gasteiger charge is -2.27. The fourth-order valence-corrected chi connectivity index (χ4v) is 5.23. The highest BCUT2D eigenvalue weighted by atomic mass is 35.5. The second kappa shape index (κ2) is 13.1. The third-order valence-corrected chi connectivity index (χ3v) is 6.92. The number of nitrogens with zero attached hydrogens (tertiary/aromatic N) is 4. The van der Waals surface area contributed by atoms with Gasteiger partial charge in [-0.25, -0.2) is 4.98 Å². The summed E-state index contributed by atoms with van der Waals surface area (Å²) in [6, 6.07) is 5.35. The Labute approximate surface area is 237 Å². The Bertz CT molecular complexity index is 1180. The largest absolute Gasteiger partial charge is 0.491 e. The van der Waals surface area contributed by atoms with Crippen molar-refractivity contribution in [3.63, 3.8) is 0 Å². The second-order valence-electron chi connectivity index (χ2n) is 9.63. The number of nitrogens with one attached hydrogen (secondary N) is 2. The SMILES string of the molecule is Cc1cn(-c2nc(Nc3cc(C)c(OCCO)c(C)c3)ncc2C)cc1CN1CC2CC1CN2.Cl.Cl.Cl. The minimum absolute atomic E-state index is 0. The first-order valence-electron chi connectivity index (χ1n) is 12.0. The molecule has 3 N–H and O–H groups in total. The van der Waals surface area contributed by atoms with Gasteiger partial charge in [0.05, 0.1) is 6.61 Å². The fourth-order valence-electron chi connectivity index (χ4n) is 5.23. The third-order valence-electron chi connectivity index (χ3n) is 6.92. The van der Waals surface area contributed by atoms with Gasteiger partial charge in [0.1, 0.15) is 18.2 Å². The van der Waals surface area contributed by atoms with E-state index in [0.29, 0.717) is 18.0 Å². The number of ether oxygens (including phenoxy) is 1. The van der Waals surface area contributed by atoms with Crippen molar-refractivity contribution in [2.45, 2.75) is 52.7 Å². The first kappa shape index (κ1) is 31.1. The lowest BCUT2D eigenvalue weighted by molar-refractivity contribution is 0.200. The summed E-state index contributed by atoms with van der Waals surface area (Å²) in [7, 11) is 0. The molecule has 37 heavy (non-hydrogen) atoms. The Hall–Kier alpha value is -2.07. The van der Waals surface area contributed by atoms with Crippen molar-refractivity contribution >= 4 is 48.9 Å². The molecular formula is C26H37Cl3N6O2. The van der Waals surface area contributed by atoms with E-state index < -0.39 is 0 Å². The lowest BCUT2D eigenvalue weighted by atomic mass is 10.1. The standard InChI is InChI=1S/C26H34N6O2.3ClH/c1-16-7-21(8-17(2)24(16)34-6-5-33)29-26-28-10-18(3)25(30-26)32-12-19(4)20(14-32)13-31-15-22-9-23(31)11-27-22;;;/h7-8,10,12,14,22-23,27,33H,5-6,9,11,13,15H2,1-4H3,(H,28,29,30);3*1H. The number of piperazine rings is 1. The number of aliphatic hydroxyl groups excluding tert-OH is 1. The van der Waals surface area contributed by atoms with E-state index in [0.717, 1.165) is 53.6 Å². The summed E-state index contributed by atoms with van der Waals surface area (Å²) < 4.78 is 7.80. The Morgan fingerprint density at radius 1 is 1.05 bits per heavy atom. The highest BCUT2D eigenvalue weighted by Crippen LogP contribution is 2.29. The molecule has 4 heterocycles. The molecule has 0 amide bonds. The van der Waals surface area contributed by atoms with E-state index in [1.54, 1.807) is 0 Å². The zero-order valence-electron chi connectivity index (χ0n) is 21.7. The predicted octanol–water partition coefficient (Wildman–Crippen LogP) is 4.43. The molecule has 0 spiro atoms. The molecule has 2 bridgehead atoms. The second-order valence-corrected chi connectivity index (χ2v) is 9.63. The number of aliphatic hydroxyl groups is 1. The minimum Gasteiger partial charge on any atom is -0.491 e. The summed E-state index contributed by atoms with van der Waals surface area (Å²) in [5, 5.41) is 16.0. The summed E-state index contributed by atoms with van der Waals surface area (Å²) in [4.78, 5) is 12.0. The van der Waals surface area contributed by atoms with Crippen LogP contribution in [0.2, 0.25) is 0 Å². The molecule has 0 radical (unpaired) electrons. The molecule has 0 aliphatic carbocycles.